The molecule has 3 nitrogen and oxygen atoms in total. The van der Waals surface area contributed by atoms with Crippen LogP contribution in [0.2, 0.25) is 5.02 Å². The number of hydrogen-bond acceptors (Lipinski definition) is 3. The van der Waals surface area contributed by atoms with Crippen molar-refractivity contribution in [1.82, 2.24) is 5.32 Å². The Morgan fingerprint density at radius 1 is 1.50 bits per heavy atom. The number of benzene rings is 1. The fraction of sp³-hybridized carbons (Fsp3) is 0.571. The molecule has 0 radical (unpaired) electrons. The first-order valence-electron chi connectivity index (χ1n) is 6.71. The Morgan fingerprint density at radius 3 is 2.85 bits per heavy atom. The second-order valence-corrected chi connectivity index (χ2v) is 8.03. The lowest BCUT2D eigenvalue weighted by atomic mass is 9.86. The van der Waals surface area contributed by atoms with Gasteiger partial charge in [-0.3, -0.25) is 0 Å². The Labute approximate surface area is 124 Å². The van der Waals surface area contributed by atoms with Crippen molar-refractivity contribution in [2.24, 2.45) is 11.8 Å². The second-order valence-electron chi connectivity index (χ2n) is 5.40. The van der Waals surface area contributed by atoms with E-state index in [1.807, 2.05) is 7.05 Å². The molecule has 6 heteroatoms. The van der Waals surface area contributed by atoms with Crippen LogP contribution in [0, 0.1) is 17.7 Å². The van der Waals surface area contributed by atoms with Crippen molar-refractivity contribution in [2.45, 2.75) is 12.8 Å². The standard InChI is InChI=1S/C14H19ClFNO2S/c1-17-8-12(11-5-6-20(18,19)9-11)7-10-3-2-4-13(15)14(10)16/h2-4,11-12,17H,5-9H2,1H3. The maximum absolute atomic E-state index is 14.0. The first-order valence-corrected chi connectivity index (χ1v) is 8.91. The van der Waals surface area contributed by atoms with Gasteiger partial charge in [-0.1, -0.05) is 23.7 Å². The molecule has 1 aromatic rings. The summed E-state index contributed by atoms with van der Waals surface area (Å²) in [5.74, 6) is 0.254. The van der Waals surface area contributed by atoms with Crippen LogP contribution < -0.4 is 5.32 Å². The van der Waals surface area contributed by atoms with Crippen molar-refractivity contribution in [3.8, 4) is 0 Å². The smallest absolute Gasteiger partial charge is 0.150 e. The molecule has 112 valence electrons. The van der Waals surface area contributed by atoms with E-state index in [1.165, 1.54) is 6.07 Å². The summed E-state index contributed by atoms with van der Waals surface area (Å²) in [4.78, 5) is 0. The molecule has 0 aliphatic carbocycles. The lowest BCUT2D eigenvalue weighted by molar-refractivity contribution is 0.348. The zero-order valence-corrected chi connectivity index (χ0v) is 13.0. The molecule has 1 aliphatic heterocycles. The minimum absolute atomic E-state index is 0.0887. The first-order chi connectivity index (χ1) is 9.43. The molecule has 2 atom stereocenters. The van der Waals surface area contributed by atoms with Crippen molar-refractivity contribution < 1.29 is 12.8 Å². The van der Waals surface area contributed by atoms with E-state index < -0.39 is 15.7 Å². The molecule has 2 unspecified atom stereocenters. The lowest BCUT2D eigenvalue weighted by Gasteiger charge is -2.22. The number of halogens is 2. The highest BCUT2D eigenvalue weighted by molar-refractivity contribution is 7.91. The lowest BCUT2D eigenvalue weighted by Crippen LogP contribution is -2.29. The van der Waals surface area contributed by atoms with Crippen molar-refractivity contribution in [2.75, 3.05) is 25.1 Å². The summed E-state index contributed by atoms with van der Waals surface area (Å²) < 4.78 is 37.2. The van der Waals surface area contributed by atoms with Crippen LogP contribution in [-0.4, -0.2) is 33.5 Å². The van der Waals surface area contributed by atoms with Gasteiger partial charge in [0, 0.05) is 0 Å². The van der Waals surface area contributed by atoms with Gasteiger partial charge in [-0.2, -0.15) is 0 Å². The van der Waals surface area contributed by atoms with Gasteiger partial charge in [0.15, 0.2) is 9.84 Å². The molecule has 2 rings (SSSR count). The molecular formula is C14H19ClFNO2S. The van der Waals surface area contributed by atoms with Crippen LogP contribution in [0.15, 0.2) is 18.2 Å². The number of hydrogen-bond donors (Lipinski definition) is 1. The van der Waals surface area contributed by atoms with E-state index in [2.05, 4.69) is 5.32 Å². The summed E-state index contributed by atoms with van der Waals surface area (Å²) in [5.41, 5.74) is 0.557. The highest BCUT2D eigenvalue weighted by Gasteiger charge is 2.33. The van der Waals surface area contributed by atoms with Crippen LogP contribution >= 0.6 is 11.6 Å². The fourth-order valence-electron chi connectivity index (χ4n) is 2.85. The van der Waals surface area contributed by atoms with Crippen LogP contribution in [0.1, 0.15) is 12.0 Å². The predicted molar refractivity (Wildman–Crippen MR) is 79.3 cm³/mol. The third kappa shape index (κ3) is 3.71. The Bertz CT molecular complexity index is 577. The van der Waals surface area contributed by atoms with Crippen LogP contribution in [0.3, 0.4) is 0 Å². The molecule has 1 fully saturated rings. The van der Waals surface area contributed by atoms with Crippen LogP contribution in [-0.2, 0) is 16.3 Å². The third-order valence-electron chi connectivity index (χ3n) is 3.91. The molecule has 1 saturated heterocycles. The summed E-state index contributed by atoms with van der Waals surface area (Å²) in [5, 5.41) is 3.19. The number of rotatable bonds is 5. The van der Waals surface area contributed by atoms with Crippen LogP contribution in [0.5, 0.6) is 0 Å². The predicted octanol–water partition coefficient (Wildman–Crippen LogP) is 2.29. The zero-order chi connectivity index (χ0) is 14.8. The molecule has 1 heterocycles. The van der Waals surface area contributed by atoms with Gasteiger partial charge in [0.2, 0.25) is 0 Å². The molecule has 0 aromatic heterocycles. The molecular weight excluding hydrogens is 301 g/mol. The quantitative estimate of drug-likeness (QED) is 0.906. The number of nitrogens with one attached hydrogen (secondary N) is 1. The topological polar surface area (TPSA) is 46.2 Å². The summed E-state index contributed by atoms with van der Waals surface area (Å²) in [6, 6.07) is 4.96. The van der Waals surface area contributed by atoms with Gasteiger partial charge in [-0.25, -0.2) is 12.8 Å². The van der Waals surface area contributed by atoms with E-state index >= 15 is 0 Å². The zero-order valence-electron chi connectivity index (χ0n) is 11.4. The minimum Gasteiger partial charge on any atom is -0.319 e. The monoisotopic (exact) mass is 319 g/mol. The first kappa shape index (κ1) is 15.7. The summed E-state index contributed by atoms with van der Waals surface area (Å²) in [6.45, 7) is 0.673. The maximum Gasteiger partial charge on any atom is 0.150 e. The maximum atomic E-state index is 14.0. The van der Waals surface area contributed by atoms with Gasteiger partial charge in [0.25, 0.3) is 0 Å². The van der Waals surface area contributed by atoms with E-state index in [4.69, 9.17) is 11.6 Å². The van der Waals surface area contributed by atoms with Crippen molar-refractivity contribution in [1.29, 1.82) is 0 Å². The Kier molecular flexibility index (Phi) is 5.04. The number of sulfone groups is 1. The van der Waals surface area contributed by atoms with E-state index in [1.54, 1.807) is 12.1 Å². The molecule has 0 spiro atoms. The van der Waals surface area contributed by atoms with Crippen LogP contribution in [0.4, 0.5) is 4.39 Å². The van der Waals surface area contributed by atoms with Crippen molar-refractivity contribution in [3.05, 3.63) is 34.6 Å². The molecule has 20 heavy (non-hydrogen) atoms. The third-order valence-corrected chi connectivity index (χ3v) is 6.00. The van der Waals surface area contributed by atoms with Gasteiger partial charge in [-0.15, -0.1) is 0 Å². The van der Waals surface area contributed by atoms with Gasteiger partial charge in [0.05, 0.1) is 16.5 Å². The molecule has 0 saturated carbocycles. The van der Waals surface area contributed by atoms with E-state index in [9.17, 15) is 12.8 Å². The summed E-state index contributed by atoms with van der Waals surface area (Å²) in [6.07, 6.45) is 1.17. The molecule has 1 N–H and O–H groups in total. The molecule has 0 bridgehead atoms. The molecule has 0 amide bonds. The highest BCUT2D eigenvalue weighted by atomic mass is 35.5. The Balaban J connectivity index is 2.16. The summed E-state index contributed by atoms with van der Waals surface area (Å²) >= 11 is 5.79. The van der Waals surface area contributed by atoms with Crippen LogP contribution in [0.25, 0.3) is 0 Å². The summed E-state index contributed by atoms with van der Waals surface area (Å²) in [7, 11) is -1.09. The van der Waals surface area contributed by atoms with Gasteiger partial charge in [0.1, 0.15) is 5.82 Å². The molecule has 1 aliphatic rings. The van der Waals surface area contributed by atoms with Gasteiger partial charge in [-0.05, 0) is 49.9 Å². The van der Waals surface area contributed by atoms with Gasteiger partial charge >= 0.3 is 0 Å². The highest BCUT2D eigenvalue weighted by Crippen LogP contribution is 2.30. The Morgan fingerprint density at radius 2 is 2.25 bits per heavy atom. The second kappa shape index (κ2) is 6.41. The van der Waals surface area contributed by atoms with E-state index in [0.29, 0.717) is 24.9 Å². The fourth-order valence-corrected chi connectivity index (χ4v) is 4.97. The molecule has 1 aromatic carbocycles. The van der Waals surface area contributed by atoms with E-state index in [-0.39, 0.29) is 28.4 Å². The van der Waals surface area contributed by atoms with Crippen molar-refractivity contribution in [3.63, 3.8) is 0 Å². The average molecular weight is 320 g/mol. The SMILES string of the molecule is CNCC(Cc1cccc(Cl)c1F)C1CCS(=O)(=O)C1. The Hall–Kier alpha value is -0.650. The largest absolute Gasteiger partial charge is 0.319 e. The normalized spacial score (nSPS) is 22.9. The van der Waals surface area contributed by atoms with E-state index in [0.717, 1.165) is 0 Å². The van der Waals surface area contributed by atoms with Crippen molar-refractivity contribution >= 4 is 21.4 Å². The average Bonchev–Trinajstić information content (AvgIpc) is 2.74. The minimum atomic E-state index is -2.92. The van der Waals surface area contributed by atoms with Gasteiger partial charge < -0.3 is 5.32 Å².